The second-order valence-electron chi connectivity index (χ2n) is 4.12. The highest BCUT2D eigenvalue weighted by Crippen LogP contribution is 2.33. The maximum atomic E-state index is 12.7. The van der Waals surface area contributed by atoms with Crippen molar-refractivity contribution in [1.82, 2.24) is 4.98 Å². The van der Waals surface area contributed by atoms with Crippen LogP contribution < -0.4 is 0 Å². The van der Waals surface area contributed by atoms with Crippen LogP contribution in [0.5, 0.6) is 0 Å². The van der Waals surface area contributed by atoms with Gasteiger partial charge in [-0.2, -0.15) is 13.2 Å². The highest BCUT2D eigenvalue weighted by molar-refractivity contribution is 7.18. The monoisotopic (exact) mass is 289 g/mol. The molecule has 2 aromatic rings. The summed E-state index contributed by atoms with van der Waals surface area (Å²) in [5.41, 5.74) is 0.638. The van der Waals surface area contributed by atoms with E-state index in [1.54, 1.807) is 24.3 Å². The van der Waals surface area contributed by atoms with Gasteiger partial charge in [0.1, 0.15) is 0 Å². The fraction of sp³-hybridized carbons (Fsp3) is 0.333. The van der Waals surface area contributed by atoms with Crippen molar-refractivity contribution < 1.29 is 23.1 Å². The molecule has 1 aromatic carbocycles. The molecule has 0 amide bonds. The summed E-state index contributed by atoms with van der Waals surface area (Å²) in [6, 6.07) is 7.03. The third-order valence-electron chi connectivity index (χ3n) is 2.64. The number of benzene rings is 1. The molecule has 1 aromatic heterocycles. The largest absolute Gasteiger partial charge is 0.481 e. The number of nitrogens with zero attached hydrogens (tertiary/aromatic N) is 1. The normalized spacial score (nSPS) is 13.6. The molecule has 7 heteroatoms. The van der Waals surface area contributed by atoms with Crippen molar-refractivity contribution >= 4 is 27.5 Å². The van der Waals surface area contributed by atoms with Gasteiger partial charge in [0.15, 0.2) is 0 Å². The molecule has 0 radical (unpaired) electrons. The van der Waals surface area contributed by atoms with Gasteiger partial charge in [0.25, 0.3) is 0 Å². The van der Waals surface area contributed by atoms with Crippen LogP contribution in [0, 0.1) is 5.92 Å². The second kappa shape index (κ2) is 5.16. The molecule has 0 fully saturated rings. The van der Waals surface area contributed by atoms with E-state index in [1.807, 2.05) is 0 Å². The fourth-order valence-corrected chi connectivity index (χ4v) is 2.78. The lowest BCUT2D eigenvalue weighted by Crippen LogP contribution is -2.27. The number of carboxylic acids is 1. The van der Waals surface area contributed by atoms with Gasteiger partial charge in [0, 0.05) is 6.42 Å². The van der Waals surface area contributed by atoms with E-state index in [9.17, 15) is 18.0 Å². The molecule has 0 aliphatic heterocycles. The van der Waals surface area contributed by atoms with Crippen molar-refractivity contribution in [3.8, 4) is 0 Å². The third kappa shape index (κ3) is 3.44. The van der Waals surface area contributed by atoms with E-state index in [0.29, 0.717) is 10.5 Å². The van der Waals surface area contributed by atoms with E-state index in [0.717, 1.165) is 16.0 Å². The number of thiazole rings is 1. The lowest BCUT2D eigenvalue weighted by molar-refractivity contribution is -0.182. The van der Waals surface area contributed by atoms with Crippen LogP contribution >= 0.6 is 11.3 Å². The Hall–Kier alpha value is -1.63. The van der Waals surface area contributed by atoms with Gasteiger partial charge in [0.05, 0.1) is 27.6 Å². The number of aliphatic carboxylic acids is 1. The number of hydrogen-bond acceptors (Lipinski definition) is 3. The van der Waals surface area contributed by atoms with Gasteiger partial charge in [-0.1, -0.05) is 12.1 Å². The van der Waals surface area contributed by atoms with E-state index in [-0.39, 0.29) is 0 Å². The average molecular weight is 289 g/mol. The van der Waals surface area contributed by atoms with Crippen LogP contribution in [-0.2, 0) is 11.2 Å². The molecule has 0 aliphatic rings. The molecule has 2 rings (SSSR count). The Kier molecular flexibility index (Phi) is 3.75. The summed E-state index contributed by atoms with van der Waals surface area (Å²) >= 11 is 1.16. The molecule has 1 N–H and O–H groups in total. The average Bonchev–Trinajstić information content (AvgIpc) is 2.68. The number of carboxylic acid groups (broad SMARTS) is 1. The summed E-state index contributed by atoms with van der Waals surface area (Å²) < 4.78 is 39.0. The fourth-order valence-electron chi connectivity index (χ4n) is 1.73. The Morgan fingerprint density at radius 3 is 2.63 bits per heavy atom. The highest BCUT2D eigenvalue weighted by Gasteiger charge is 2.41. The standard InChI is InChI=1S/C12H10F3NO2S/c13-12(14,15)7(6-11(17)18)5-10-16-8-3-1-2-4-9(8)19-10/h1-4,7H,5-6H2,(H,17,18)/t7-/m1/s1. The van der Waals surface area contributed by atoms with Gasteiger partial charge in [-0.15, -0.1) is 11.3 Å². The zero-order valence-electron chi connectivity index (χ0n) is 9.65. The van der Waals surface area contributed by atoms with Crippen LogP contribution in [0.2, 0.25) is 0 Å². The van der Waals surface area contributed by atoms with Gasteiger partial charge < -0.3 is 5.11 Å². The number of rotatable bonds is 4. The van der Waals surface area contributed by atoms with Crippen LogP contribution in [0.3, 0.4) is 0 Å². The first-order valence-electron chi connectivity index (χ1n) is 5.49. The summed E-state index contributed by atoms with van der Waals surface area (Å²) in [5.74, 6) is -3.35. The summed E-state index contributed by atoms with van der Waals surface area (Å²) in [7, 11) is 0. The highest BCUT2D eigenvalue weighted by atomic mass is 32.1. The maximum Gasteiger partial charge on any atom is 0.392 e. The predicted octanol–water partition coefficient (Wildman–Crippen LogP) is 3.49. The second-order valence-corrected chi connectivity index (χ2v) is 5.23. The molecule has 1 atom stereocenters. The SMILES string of the molecule is O=C(O)C[C@@H](Cc1nc2ccccc2s1)C(F)(F)F. The van der Waals surface area contributed by atoms with Gasteiger partial charge in [-0.3, -0.25) is 4.79 Å². The molecule has 1 heterocycles. The van der Waals surface area contributed by atoms with Crippen LogP contribution in [0.15, 0.2) is 24.3 Å². The van der Waals surface area contributed by atoms with Gasteiger partial charge in [-0.25, -0.2) is 4.98 Å². The number of alkyl halides is 3. The van der Waals surface area contributed by atoms with E-state index in [1.165, 1.54) is 0 Å². The third-order valence-corrected chi connectivity index (χ3v) is 3.70. The summed E-state index contributed by atoms with van der Waals surface area (Å²) in [6.45, 7) is 0. The van der Waals surface area contributed by atoms with E-state index in [4.69, 9.17) is 5.11 Å². The van der Waals surface area contributed by atoms with Crippen LogP contribution in [0.1, 0.15) is 11.4 Å². The van der Waals surface area contributed by atoms with Crippen molar-refractivity contribution in [2.24, 2.45) is 5.92 Å². The number of aromatic nitrogens is 1. The Morgan fingerprint density at radius 1 is 1.37 bits per heavy atom. The maximum absolute atomic E-state index is 12.7. The first kappa shape index (κ1) is 13.8. The Bertz CT molecular complexity index is 561. The summed E-state index contributed by atoms with van der Waals surface area (Å²) in [4.78, 5) is 14.6. The first-order chi connectivity index (χ1) is 8.86. The number of halogens is 3. The Labute approximate surface area is 110 Å². The molecule has 19 heavy (non-hydrogen) atoms. The smallest absolute Gasteiger partial charge is 0.392 e. The molecule has 0 unspecified atom stereocenters. The molecule has 0 aliphatic carbocycles. The minimum absolute atomic E-state index is 0.310. The summed E-state index contributed by atoms with van der Waals surface area (Å²) in [6.07, 6.45) is -5.86. The minimum atomic E-state index is -4.53. The summed E-state index contributed by atoms with van der Waals surface area (Å²) in [5, 5.41) is 8.86. The Morgan fingerprint density at radius 2 is 2.05 bits per heavy atom. The molecule has 0 spiro atoms. The van der Waals surface area contributed by atoms with E-state index >= 15 is 0 Å². The molecular formula is C12H10F3NO2S. The number of fused-ring (bicyclic) bond motifs is 1. The quantitative estimate of drug-likeness (QED) is 0.937. The number of hydrogen-bond donors (Lipinski definition) is 1. The van der Waals surface area contributed by atoms with Gasteiger partial charge in [-0.05, 0) is 12.1 Å². The van der Waals surface area contributed by atoms with Gasteiger partial charge >= 0.3 is 12.1 Å². The van der Waals surface area contributed by atoms with E-state index in [2.05, 4.69) is 4.98 Å². The van der Waals surface area contributed by atoms with Crippen molar-refractivity contribution in [1.29, 1.82) is 0 Å². The minimum Gasteiger partial charge on any atom is -0.481 e. The molecule has 3 nitrogen and oxygen atoms in total. The molecule has 0 saturated heterocycles. The predicted molar refractivity (Wildman–Crippen MR) is 65.1 cm³/mol. The molecular weight excluding hydrogens is 279 g/mol. The molecule has 0 saturated carbocycles. The first-order valence-corrected chi connectivity index (χ1v) is 6.31. The molecule has 102 valence electrons. The van der Waals surface area contributed by atoms with Crippen LogP contribution in [0.25, 0.3) is 10.2 Å². The van der Waals surface area contributed by atoms with E-state index < -0.39 is 30.9 Å². The lowest BCUT2D eigenvalue weighted by atomic mass is 10.0. The number of para-hydroxylation sites is 1. The van der Waals surface area contributed by atoms with Crippen LogP contribution in [0.4, 0.5) is 13.2 Å². The number of carbonyl (C=O) groups is 1. The Balaban J connectivity index is 2.23. The zero-order chi connectivity index (χ0) is 14.0. The van der Waals surface area contributed by atoms with Crippen LogP contribution in [-0.4, -0.2) is 22.2 Å². The van der Waals surface area contributed by atoms with Crippen molar-refractivity contribution in [3.05, 3.63) is 29.3 Å². The lowest BCUT2D eigenvalue weighted by Gasteiger charge is -2.16. The zero-order valence-corrected chi connectivity index (χ0v) is 10.5. The van der Waals surface area contributed by atoms with Crippen molar-refractivity contribution in [2.45, 2.75) is 19.0 Å². The van der Waals surface area contributed by atoms with Crippen molar-refractivity contribution in [3.63, 3.8) is 0 Å². The van der Waals surface area contributed by atoms with Gasteiger partial charge in [0.2, 0.25) is 0 Å². The van der Waals surface area contributed by atoms with Crippen molar-refractivity contribution in [2.75, 3.05) is 0 Å². The topological polar surface area (TPSA) is 50.2 Å². The molecule has 0 bridgehead atoms.